The molecule has 1 aromatic heterocycles. The molecule has 1 saturated carbocycles. The van der Waals surface area contributed by atoms with Gasteiger partial charge in [0, 0.05) is 18.0 Å². The molecule has 0 spiro atoms. The third-order valence-corrected chi connectivity index (χ3v) is 2.75. The van der Waals surface area contributed by atoms with Crippen LogP contribution in [0.25, 0.3) is 0 Å². The van der Waals surface area contributed by atoms with E-state index >= 15 is 0 Å². The predicted molar refractivity (Wildman–Crippen MR) is 42.8 cm³/mol. The number of hydrogen-bond acceptors (Lipinski definition) is 2. The summed E-state index contributed by atoms with van der Waals surface area (Å²) >= 11 is 1.74. The Balaban J connectivity index is 2.04. The summed E-state index contributed by atoms with van der Waals surface area (Å²) < 4.78 is 0. The van der Waals surface area contributed by atoms with E-state index in [1.807, 2.05) is 11.6 Å². The van der Waals surface area contributed by atoms with E-state index in [1.165, 1.54) is 17.8 Å². The van der Waals surface area contributed by atoms with Gasteiger partial charge in [-0.05, 0) is 25.2 Å². The lowest BCUT2D eigenvalue weighted by molar-refractivity contribution is 0.640. The Bertz CT molecular complexity index is 211. The molecule has 0 aromatic carbocycles. The zero-order valence-electron chi connectivity index (χ0n) is 5.84. The van der Waals surface area contributed by atoms with Gasteiger partial charge in [-0.3, -0.25) is 0 Å². The van der Waals surface area contributed by atoms with E-state index < -0.39 is 0 Å². The van der Waals surface area contributed by atoms with Gasteiger partial charge in [0.15, 0.2) is 0 Å². The molecule has 1 fully saturated rings. The van der Waals surface area contributed by atoms with Crippen LogP contribution in [0.5, 0.6) is 0 Å². The molecule has 0 N–H and O–H groups in total. The molecule has 2 rings (SSSR count). The SMILES string of the molecule is [CH2]C1(Cc2nccs2)CC1. The fourth-order valence-corrected chi connectivity index (χ4v) is 1.80. The maximum absolute atomic E-state index is 4.22. The molecule has 10 heavy (non-hydrogen) atoms. The van der Waals surface area contributed by atoms with Gasteiger partial charge in [-0.15, -0.1) is 11.3 Å². The van der Waals surface area contributed by atoms with Crippen molar-refractivity contribution in [2.45, 2.75) is 19.3 Å². The monoisotopic (exact) mass is 152 g/mol. The van der Waals surface area contributed by atoms with Crippen molar-refractivity contribution in [3.63, 3.8) is 0 Å². The quantitative estimate of drug-likeness (QED) is 0.633. The Morgan fingerprint density at radius 1 is 1.70 bits per heavy atom. The van der Waals surface area contributed by atoms with Crippen LogP contribution in [0, 0.1) is 12.3 Å². The summed E-state index contributed by atoms with van der Waals surface area (Å²) in [6, 6.07) is 0. The fourth-order valence-electron chi connectivity index (χ4n) is 1.01. The highest BCUT2D eigenvalue weighted by Crippen LogP contribution is 2.47. The van der Waals surface area contributed by atoms with Crippen LogP contribution in [-0.4, -0.2) is 4.98 Å². The lowest BCUT2D eigenvalue weighted by Gasteiger charge is -2.01. The fraction of sp³-hybridized carbons (Fsp3) is 0.500. The average Bonchev–Trinajstić information content (AvgIpc) is 2.47. The molecule has 0 unspecified atom stereocenters. The standard InChI is InChI=1S/C8H10NS/c1-8(2-3-8)6-7-9-4-5-10-7/h4-5H,1-3,6H2. The molecule has 2 heteroatoms. The smallest absolute Gasteiger partial charge is 0.0930 e. The molecule has 53 valence electrons. The summed E-state index contributed by atoms with van der Waals surface area (Å²) in [6.07, 6.45) is 5.52. The van der Waals surface area contributed by atoms with Crippen LogP contribution in [0.4, 0.5) is 0 Å². The number of rotatable bonds is 2. The molecule has 1 nitrogen and oxygen atoms in total. The Kier molecular flexibility index (Phi) is 1.31. The molecule has 1 aliphatic rings. The minimum atomic E-state index is 0.373. The molecule has 0 atom stereocenters. The number of aromatic nitrogens is 1. The first-order valence-corrected chi connectivity index (χ1v) is 4.40. The van der Waals surface area contributed by atoms with Crippen LogP contribution in [-0.2, 0) is 6.42 Å². The second-order valence-corrected chi connectivity index (χ2v) is 4.08. The van der Waals surface area contributed by atoms with Gasteiger partial charge in [-0.2, -0.15) is 0 Å². The largest absolute Gasteiger partial charge is 0.250 e. The van der Waals surface area contributed by atoms with Gasteiger partial charge in [0.25, 0.3) is 0 Å². The van der Waals surface area contributed by atoms with Crippen molar-refractivity contribution in [2.24, 2.45) is 5.41 Å². The van der Waals surface area contributed by atoms with Crippen molar-refractivity contribution in [3.05, 3.63) is 23.5 Å². The Labute approximate surface area is 65.1 Å². The zero-order chi connectivity index (χ0) is 7.03. The van der Waals surface area contributed by atoms with E-state index in [0.29, 0.717) is 5.41 Å². The van der Waals surface area contributed by atoms with E-state index in [0.717, 1.165) is 6.42 Å². The van der Waals surface area contributed by atoms with Crippen molar-refractivity contribution in [3.8, 4) is 0 Å². The molecule has 0 amide bonds. The van der Waals surface area contributed by atoms with Crippen LogP contribution in [0.15, 0.2) is 11.6 Å². The van der Waals surface area contributed by atoms with E-state index in [1.54, 1.807) is 11.3 Å². The van der Waals surface area contributed by atoms with Crippen LogP contribution in [0.2, 0.25) is 0 Å². The molecule has 1 radical (unpaired) electrons. The summed E-state index contributed by atoms with van der Waals surface area (Å²) in [5.74, 6) is 0. The minimum Gasteiger partial charge on any atom is -0.250 e. The highest BCUT2D eigenvalue weighted by atomic mass is 32.1. The molecule has 0 bridgehead atoms. The molecular weight excluding hydrogens is 142 g/mol. The van der Waals surface area contributed by atoms with Crippen LogP contribution < -0.4 is 0 Å². The molecule has 0 aliphatic heterocycles. The first-order chi connectivity index (χ1) is 4.79. The molecule has 1 aliphatic carbocycles. The minimum absolute atomic E-state index is 0.373. The first kappa shape index (κ1) is 6.35. The van der Waals surface area contributed by atoms with E-state index in [9.17, 15) is 0 Å². The highest BCUT2D eigenvalue weighted by Gasteiger charge is 2.37. The summed E-state index contributed by atoms with van der Waals surface area (Å²) in [7, 11) is 0. The number of hydrogen-bond donors (Lipinski definition) is 0. The second-order valence-electron chi connectivity index (χ2n) is 3.10. The number of nitrogens with zero attached hydrogens (tertiary/aromatic N) is 1. The van der Waals surface area contributed by atoms with Gasteiger partial charge >= 0.3 is 0 Å². The lowest BCUT2D eigenvalue weighted by atomic mass is 10.1. The third-order valence-electron chi connectivity index (χ3n) is 1.97. The van der Waals surface area contributed by atoms with Gasteiger partial charge in [-0.1, -0.05) is 0 Å². The van der Waals surface area contributed by atoms with E-state index in [2.05, 4.69) is 11.9 Å². The topological polar surface area (TPSA) is 12.9 Å². The van der Waals surface area contributed by atoms with Crippen LogP contribution in [0.1, 0.15) is 17.8 Å². The molecule has 1 heterocycles. The lowest BCUT2D eigenvalue weighted by Crippen LogP contribution is -1.97. The Hall–Kier alpha value is -0.370. The highest BCUT2D eigenvalue weighted by molar-refractivity contribution is 7.09. The summed E-state index contributed by atoms with van der Waals surface area (Å²) in [4.78, 5) is 4.22. The normalized spacial score (nSPS) is 20.9. The average molecular weight is 152 g/mol. The molecule has 0 saturated heterocycles. The third kappa shape index (κ3) is 1.21. The first-order valence-electron chi connectivity index (χ1n) is 3.52. The van der Waals surface area contributed by atoms with Gasteiger partial charge in [-0.25, -0.2) is 4.98 Å². The zero-order valence-corrected chi connectivity index (χ0v) is 6.66. The van der Waals surface area contributed by atoms with Gasteiger partial charge in [0.2, 0.25) is 0 Å². The van der Waals surface area contributed by atoms with Gasteiger partial charge in [0.1, 0.15) is 0 Å². The van der Waals surface area contributed by atoms with Crippen molar-refractivity contribution < 1.29 is 0 Å². The molecule has 1 aromatic rings. The predicted octanol–water partition coefficient (Wildman–Crippen LogP) is 2.30. The number of thiazole rings is 1. The van der Waals surface area contributed by atoms with Crippen molar-refractivity contribution in [1.82, 2.24) is 4.98 Å². The van der Waals surface area contributed by atoms with Crippen LogP contribution >= 0.6 is 11.3 Å². The maximum Gasteiger partial charge on any atom is 0.0930 e. The Morgan fingerprint density at radius 2 is 2.50 bits per heavy atom. The van der Waals surface area contributed by atoms with Crippen molar-refractivity contribution >= 4 is 11.3 Å². The van der Waals surface area contributed by atoms with Crippen LogP contribution in [0.3, 0.4) is 0 Å². The summed E-state index contributed by atoms with van der Waals surface area (Å²) in [5.41, 5.74) is 0.373. The van der Waals surface area contributed by atoms with E-state index in [-0.39, 0.29) is 0 Å². The summed E-state index contributed by atoms with van der Waals surface area (Å²) in [6.45, 7) is 4.12. The second kappa shape index (κ2) is 2.06. The van der Waals surface area contributed by atoms with Crippen molar-refractivity contribution in [2.75, 3.05) is 0 Å². The van der Waals surface area contributed by atoms with Gasteiger partial charge < -0.3 is 0 Å². The summed E-state index contributed by atoms with van der Waals surface area (Å²) in [5, 5.41) is 3.27. The van der Waals surface area contributed by atoms with E-state index in [4.69, 9.17) is 0 Å². The maximum atomic E-state index is 4.22. The van der Waals surface area contributed by atoms with Gasteiger partial charge in [0.05, 0.1) is 5.01 Å². The molecular formula is C8H10NS. The Morgan fingerprint density at radius 3 is 3.00 bits per heavy atom. The van der Waals surface area contributed by atoms with Crippen molar-refractivity contribution in [1.29, 1.82) is 0 Å².